The first-order valence-electron chi connectivity index (χ1n) is 2.96. The fraction of sp³-hybridized carbons (Fsp3) is 0.800. The van der Waals surface area contributed by atoms with Crippen LogP contribution >= 0.6 is 0 Å². The number of hydrogen-bond donors (Lipinski definition) is 3. The van der Waals surface area contributed by atoms with Gasteiger partial charge in [-0.25, -0.2) is 4.99 Å². The van der Waals surface area contributed by atoms with Crippen LogP contribution in [0.4, 0.5) is 0 Å². The third-order valence-electron chi connectivity index (χ3n) is 1.25. The van der Waals surface area contributed by atoms with Gasteiger partial charge in [-0.05, 0) is 6.92 Å². The van der Waals surface area contributed by atoms with Crippen LogP contribution in [0.1, 0.15) is 13.3 Å². The Balaban J connectivity index is 2.56. The molecule has 2 atom stereocenters. The van der Waals surface area contributed by atoms with Crippen LogP contribution < -0.4 is 11.1 Å². The molecule has 1 rings (SSSR count). The Morgan fingerprint density at radius 1 is 1.89 bits per heavy atom. The molecule has 0 saturated heterocycles. The van der Waals surface area contributed by atoms with Crippen LogP contribution in [-0.2, 0) is 0 Å². The van der Waals surface area contributed by atoms with Crippen LogP contribution in [-0.4, -0.2) is 23.3 Å². The van der Waals surface area contributed by atoms with Crippen molar-refractivity contribution in [2.75, 3.05) is 0 Å². The molecule has 4 N–H and O–H groups in total. The van der Waals surface area contributed by atoms with E-state index < -0.39 is 6.23 Å². The Kier molecular flexibility index (Phi) is 1.57. The van der Waals surface area contributed by atoms with Gasteiger partial charge in [0.15, 0.2) is 12.2 Å². The van der Waals surface area contributed by atoms with Crippen molar-refractivity contribution in [1.82, 2.24) is 5.32 Å². The summed E-state index contributed by atoms with van der Waals surface area (Å²) in [5.41, 5.74) is 5.29. The molecule has 0 aromatic carbocycles. The molecule has 1 aliphatic rings. The summed E-state index contributed by atoms with van der Waals surface area (Å²) in [7, 11) is 0. The highest BCUT2D eigenvalue weighted by Gasteiger charge is 2.14. The summed E-state index contributed by atoms with van der Waals surface area (Å²) in [6.45, 7) is 1.95. The zero-order valence-electron chi connectivity index (χ0n) is 5.33. The Labute approximate surface area is 53.8 Å². The monoisotopic (exact) mass is 129 g/mol. The Morgan fingerprint density at radius 3 is 3.00 bits per heavy atom. The minimum atomic E-state index is -0.610. The SMILES string of the molecule is C[C@H]1C[C@@H](O)N=C(N)N1. The van der Waals surface area contributed by atoms with Gasteiger partial charge in [-0.15, -0.1) is 0 Å². The van der Waals surface area contributed by atoms with Gasteiger partial charge in [0.25, 0.3) is 0 Å². The first-order chi connectivity index (χ1) is 4.18. The lowest BCUT2D eigenvalue weighted by molar-refractivity contribution is 0.156. The van der Waals surface area contributed by atoms with Crippen molar-refractivity contribution in [3.8, 4) is 0 Å². The summed E-state index contributed by atoms with van der Waals surface area (Å²) in [4.78, 5) is 3.67. The molecular formula is C5H11N3O. The Bertz CT molecular complexity index is 134. The Morgan fingerprint density at radius 2 is 2.56 bits per heavy atom. The predicted octanol–water partition coefficient (Wildman–Crippen LogP) is -0.999. The second kappa shape index (κ2) is 2.23. The van der Waals surface area contributed by atoms with Crippen molar-refractivity contribution in [2.45, 2.75) is 25.6 Å². The van der Waals surface area contributed by atoms with E-state index in [0.29, 0.717) is 12.4 Å². The Hall–Kier alpha value is -0.770. The van der Waals surface area contributed by atoms with Gasteiger partial charge < -0.3 is 16.2 Å². The van der Waals surface area contributed by atoms with Crippen LogP contribution in [0.25, 0.3) is 0 Å². The van der Waals surface area contributed by atoms with E-state index in [1.165, 1.54) is 0 Å². The van der Waals surface area contributed by atoms with Crippen molar-refractivity contribution >= 4 is 5.96 Å². The molecule has 0 saturated carbocycles. The quantitative estimate of drug-likeness (QED) is 0.393. The maximum Gasteiger partial charge on any atom is 0.191 e. The second-order valence-corrected chi connectivity index (χ2v) is 2.28. The van der Waals surface area contributed by atoms with Gasteiger partial charge in [-0.3, -0.25) is 0 Å². The summed E-state index contributed by atoms with van der Waals surface area (Å²) in [6.07, 6.45) is 0.0296. The fourth-order valence-corrected chi connectivity index (χ4v) is 0.878. The number of nitrogens with zero attached hydrogens (tertiary/aromatic N) is 1. The molecule has 0 radical (unpaired) electrons. The first kappa shape index (κ1) is 6.35. The van der Waals surface area contributed by atoms with Gasteiger partial charge in [0.2, 0.25) is 0 Å². The van der Waals surface area contributed by atoms with Crippen LogP contribution in [0, 0.1) is 0 Å². The van der Waals surface area contributed by atoms with E-state index in [2.05, 4.69) is 10.3 Å². The highest BCUT2D eigenvalue weighted by atomic mass is 16.3. The van der Waals surface area contributed by atoms with E-state index in [0.717, 1.165) is 0 Å². The number of aliphatic imine (C=N–C) groups is 1. The van der Waals surface area contributed by atoms with Crippen molar-refractivity contribution in [2.24, 2.45) is 10.7 Å². The molecule has 0 aromatic heterocycles. The van der Waals surface area contributed by atoms with Crippen molar-refractivity contribution in [1.29, 1.82) is 0 Å². The van der Waals surface area contributed by atoms with Crippen LogP contribution in [0.15, 0.2) is 4.99 Å². The van der Waals surface area contributed by atoms with E-state index in [1.54, 1.807) is 0 Å². The summed E-state index contributed by atoms with van der Waals surface area (Å²) in [5, 5.41) is 11.8. The maximum atomic E-state index is 8.94. The van der Waals surface area contributed by atoms with Gasteiger partial charge in [0.1, 0.15) is 0 Å². The molecule has 0 aromatic rings. The molecule has 0 amide bonds. The standard InChI is InChI=1S/C5H11N3O/c1-3-2-4(9)8-5(6)7-3/h3-4,9H,2H2,1H3,(H3,6,7,8)/t3-,4+/m0/s1. The van der Waals surface area contributed by atoms with Crippen LogP contribution in [0.2, 0.25) is 0 Å². The van der Waals surface area contributed by atoms with Gasteiger partial charge >= 0.3 is 0 Å². The van der Waals surface area contributed by atoms with Gasteiger partial charge in [-0.2, -0.15) is 0 Å². The minimum absolute atomic E-state index is 0.234. The van der Waals surface area contributed by atoms with Crippen molar-refractivity contribution in [3.05, 3.63) is 0 Å². The molecule has 0 spiro atoms. The lowest BCUT2D eigenvalue weighted by Crippen LogP contribution is -2.44. The summed E-state index contributed by atoms with van der Waals surface area (Å²) in [6, 6.07) is 0.234. The lowest BCUT2D eigenvalue weighted by Gasteiger charge is -2.21. The first-order valence-corrected chi connectivity index (χ1v) is 2.96. The van der Waals surface area contributed by atoms with Gasteiger partial charge in [0, 0.05) is 12.5 Å². The zero-order chi connectivity index (χ0) is 6.85. The van der Waals surface area contributed by atoms with E-state index in [1.807, 2.05) is 6.92 Å². The maximum absolute atomic E-state index is 8.94. The molecule has 0 unspecified atom stereocenters. The number of rotatable bonds is 0. The van der Waals surface area contributed by atoms with Gasteiger partial charge in [-0.1, -0.05) is 0 Å². The summed E-state index contributed by atoms with van der Waals surface area (Å²) in [5.74, 6) is 0.334. The van der Waals surface area contributed by atoms with E-state index in [9.17, 15) is 0 Å². The van der Waals surface area contributed by atoms with Crippen molar-refractivity contribution in [3.63, 3.8) is 0 Å². The van der Waals surface area contributed by atoms with E-state index >= 15 is 0 Å². The molecule has 4 nitrogen and oxygen atoms in total. The molecule has 1 heterocycles. The largest absolute Gasteiger partial charge is 0.372 e. The molecule has 0 fully saturated rings. The molecular weight excluding hydrogens is 118 g/mol. The average Bonchev–Trinajstić information content (AvgIpc) is 1.59. The van der Waals surface area contributed by atoms with E-state index in [4.69, 9.17) is 10.8 Å². The number of hydrogen-bond acceptors (Lipinski definition) is 4. The predicted molar refractivity (Wildman–Crippen MR) is 34.8 cm³/mol. The van der Waals surface area contributed by atoms with E-state index in [-0.39, 0.29) is 6.04 Å². The number of nitrogens with one attached hydrogen (secondary N) is 1. The number of nitrogens with two attached hydrogens (primary N) is 1. The van der Waals surface area contributed by atoms with Crippen LogP contribution in [0.3, 0.4) is 0 Å². The minimum Gasteiger partial charge on any atom is -0.372 e. The average molecular weight is 129 g/mol. The molecule has 4 heteroatoms. The molecule has 0 aliphatic carbocycles. The summed E-state index contributed by atoms with van der Waals surface area (Å²) >= 11 is 0. The molecule has 52 valence electrons. The van der Waals surface area contributed by atoms with Crippen molar-refractivity contribution < 1.29 is 5.11 Å². The normalized spacial score (nSPS) is 35.1. The second-order valence-electron chi connectivity index (χ2n) is 2.28. The highest BCUT2D eigenvalue weighted by molar-refractivity contribution is 5.78. The number of aliphatic hydroxyl groups excluding tert-OH is 1. The summed E-state index contributed by atoms with van der Waals surface area (Å²) < 4.78 is 0. The number of guanidine groups is 1. The van der Waals surface area contributed by atoms with Gasteiger partial charge in [0.05, 0.1) is 0 Å². The van der Waals surface area contributed by atoms with Crippen LogP contribution in [0.5, 0.6) is 0 Å². The molecule has 9 heavy (non-hydrogen) atoms. The smallest absolute Gasteiger partial charge is 0.191 e. The third kappa shape index (κ3) is 1.57. The molecule has 1 aliphatic heterocycles. The highest BCUT2D eigenvalue weighted by Crippen LogP contribution is 2.02. The fourth-order valence-electron chi connectivity index (χ4n) is 0.878. The third-order valence-corrected chi connectivity index (χ3v) is 1.25. The number of aliphatic hydroxyl groups is 1. The topological polar surface area (TPSA) is 70.6 Å². The molecule has 0 bridgehead atoms. The lowest BCUT2D eigenvalue weighted by atomic mass is 10.2. The zero-order valence-corrected chi connectivity index (χ0v) is 5.33.